The molecule has 2 aromatic heterocycles. The van der Waals surface area contributed by atoms with E-state index >= 15 is 0 Å². The highest BCUT2D eigenvalue weighted by Crippen LogP contribution is 2.23. The molecule has 0 radical (unpaired) electrons. The predicted octanol–water partition coefficient (Wildman–Crippen LogP) is 3.22. The molecular formula is C13H9Cl2N5. The second-order valence-electron chi connectivity index (χ2n) is 4.10. The molecule has 3 aromatic rings. The summed E-state index contributed by atoms with van der Waals surface area (Å²) < 4.78 is 1.50. The van der Waals surface area contributed by atoms with Crippen LogP contribution in [0.25, 0.3) is 17.2 Å². The maximum atomic E-state index is 6.09. The van der Waals surface area contributed by atoms with Crippen molar-refractivity contribution in [1.82, 2.24) is 19.7 Å². The summed E-state index contributed by atoms with van der Waals surface area (Å²) in [6.45, 7) is 0. The Kier molecular flexibility index (Phi) is 3.30. The quantitative estimate of drug-likeness (QED) is 0.738. The van der Waals surface area contributed by atoms with Crippen LogP contribution in [-0.4, -0.2) is 19.7 Å². The number of hydrogen-bond acceptors (Lipinski definition) is 4. The molecule has 0 spiro atoms. The summed E-state index contributed by atoms with van der Waals surface area (Å²) in [6, 6.07) is 8.94. The Hall–Kier alpha value is -2.11. The summed E-state index contributed by atoms with van der Waals surface area (Å²) in [4.78, 5) is 8.38. The van der Waals surface area contributed by atoms with Gasteiger partial charge < -0.3 is 5.73 Å². The lowest BCUT2D eigenvalue weighted by molar-refractivity contribution is 0.848. The van der Waals surface area contributed by atoms with Crippen LogP contribution in [0.5, 0.6) is 0 Å². The zero-order valence-electron chi connectivity index (χ0n) is 10.2. The van der Waals surface area contributed by atoms with Gasteiger partial charge in [0.2, 0.25) is 0 Å². The third-order valence-corrected chi connectivity index (χ3v) is 3.13. The van der Waals surface area contributed by atoms with Gasteiger partial charge in [0.1, 0.15) is 6.33 Å². The van der Waals surface area contributed by atoms with Crippen molar-refractivity contribution in [1.29, 1.82) is 0 Å². The molecule has 0 aliphatic rings. The molecule has 2 N–H and O–H groups in total. The van der Waals surface area contributed by atoms with Crippen LogP contribution in [0.2, 0.25) is 10.0 Å². The third-order valence-electron chi connectivity index (χ3n) is 2.64. The lowest BCUT2D eigenvalue weighted by Crippen LogP contribution is -1.99. The van der Waals surface area contributed by atoms with Gasteiger partial charge in [-0.3, -0.25) is 0 Å². The SMILES string of the molecule is Nc1cccc(-c2ncn(-c3ncc(Cl)cc3Cl)n2)c1. The molecule has 0 atom stereocenters. The number of rotatable bonds is 2. The first kappa shape index (κ1) is 12.9. The van der Waals surface area contributed by atoms with Crippen LogP contribution in [0, 0.1) is 0 Å². The van der Waals surface area contributed by atoms with E-state index in [1.165, 1.54) is 10.9 Å². The van der Waals surface area contributed by atoms with Crippen molar-refractivity contribution in [3.8, 4) is 17.2 Å². The molecule has 5 nitrogen and oxygen atoms in total. The second kappa shape index (κ2) is 5.11. The van der Waals surface area contributed by atoms with E-state index in [0.717, 1.165) is 5.56 Å². The van der Waals surface area contributed by atoms with Crippen molar-refractivity contribution in [2.45, 2.75) is 0 Å². The Morgan fingerprint density at radius 3 is 2.70 bits per heavy atom. The summed E-state index contributed by atoms with van der Waals surface area (Å²) in [5, 5.41) is 5.21. The Morgan fingerprint density at radius 2 is 1.95 bits per heavy atom. The first-order valence-corrected chi connectivity index (χ1v) is 6.48. The Labute approximate surface area is 125 Å². The van der Waals surface area contributed by atoms with Crippen LogP contribution in [0.1, 0.15) is 0 Å². The van der Waals surface area contributed by atoms with Crippen LogP contribution in [0.4, 0.5) is 5.69 Å². The number of pyridine rings is 1. The van der Waals surface area contributed by atoms with Gasteiger partial charge in [0.05, 0.1) is 10.0 Å². The summed E-state index contributed by atoms with van der Waals surface area (Å²) in [5.74, 6) is 1.02. The minimum absolute atomic E-state index is 0.404. The number of nitrogens with zero attached hydrogens (tertiary/aromatic N) is 4. The molecule has 3 rings (SSSR count). The molecule has 0 saturated carbocycles. The van der Waals surface area contributed by atoms with E-state index in [2.05, 4.69) is 15.1 Å². The zero-order chi connectivity index (χ0) is 14.1. The van der Waals surface area contributed by atoms with Crippen molar-refractivity contribution in [3.05, 3.63) is 52.9 Å². The van der Waals surface area contributed by atoms with E-state index in [0.29, 0.717) is 27.4 Å². The topological polar surface area (TPSA) is 69.6 Å². The normalized spacial score (nSPS) is 10.7. The van der Waals surface area contributed by atoms with Gasteiger partial charge in [-0.05, 0) is 18.2 Å². The van der Waals surface area contributed by atoms with E-state index in [-0.39, 0.29) is 0 Å². The van der Waals surface area contributed by atoms with E-state index in [1.54, 1.807) is 24.5 Å². The van der Waals surface area contributed by atoms with Gasteiger partial charge in [-0.25, -0.2) is 14.6 Å². The minimum Gasteiger partial charge on any atom is -0.399 e. The number of aromatic nitrogens is 4. The van der Waals surface area contributed by atoms with Gasteiger partial charge in [0, 0.05) is 17.4 Å². The number of anilines is 1. The molecule has 0 unspecified atom stereocenters. The number of hydrogen-bond donors (Lipinski definition) is 1. The largest absolute Gasteiger partial charge is 0.399 e. The van der Waals surface area contributed by atoms with Crippen LogP contribution in [0.3, 0.4) is 0 Å². The molecule has 0 bridgehead atoms. The van der Waals surface area contributed by atoms with E-state index < -0.39 is 0 Å². The summed E-state index contributed by atoms with van der Waals surface area (Å²) >= 11 is 11.9. The molecule has 20 heavy (non-hydrogen) atoms. The molecule has 1 aromatic carbocycles. The highest BCUT2D eigenvalue weighted by molar-refractivity contribution is 6.35. The van der Waals surface area contributed by atoms with Crippen molar-refractivity contribution in [2.24, 2.45) is 0 Å². The first-order chi connectivity index (χ1) is 9.63. The maximum absolute atomic E-state index is 6.09. The van der Waals surface area contributed by atoms with Gasteiger partial charge in [-0.15, -0.1) is 5.10 Å². The van der Waals surface area contributed by atoms with Crippen molar-refractivity contribution >= 4 is 28.9 Å². The third kappa shape index (κ3) is 2.45. The van der Waals surface area contributed by atoms with E-state index in [4.69, 9.17) is 28.9 Å². The molecule has 0 aliphatic carbocycles. The molecular weight excluding hydrogens is 297 g/mol. The van der Waals surface area contributed by atoms with Gasteiger partial charge in [0.15, 0.2) is 11.6 Å². The van der Waals surface area contributed by atoms with Crippen molar-refractivity contribution in [3.63, 3.8) is 0 Å². The molecule has 0 amide bonds. The van der Waals surface area contributed by atoms with Gasteiger partial charge in [0.25, 0.3) is 0 Å². The fourth-order valence-corrected chi connectivity index (χ4v) is 2.22. The molecule has 0 fully saturated rings. The van der Waals surface area contributed by atoms with Crippen LogP contribution in [0.15, 0.2) is 42.9 Å². The second-order valence-corrected chi connectivity index (χ2v) is 4.94. The number of nitrogen functional groups attached to an aromatic ring is 1. The van der Waals surface area contributed by atoms with Gasteiger partial charge in [-0.1, -0.05) is 35.3 Å². The first-order valence-electron chi connectivity index (χ1n) is 5.72. The molecule has 7 heteroatoms. The monoisotopic (exact) mass is 305 g/mol. The standard InChI is InChI=1S/C13H9Cl2N5/c14-9-5-11(15)13(17-6-9)20-7-18-12(19-20)8-2-1-3-10(16)4-8/h1-7H,16H2. The van der Waals surface area contributed by atoms with Gasteiger partial charge in [-0.2, -0.15) is 0 Å². The van der Waals surface area contributed by atoms with Gasteiger partial charge >= 0.3 is 0 Å². The fourth-order valence-electron chi connectivity index (χ4n) is 1.75. The Bertz CT molecular complexity index is 769. The lowest BCUT2D eigenvalue weighted by Gasteiger charge is -2.02. The van der Waals surface area contributed by atoms with Crippen LogP contribution >= 0.6 is 23.2 Å². The van der Waals surface area contributed by atoms with E-state index in [9.17, 15) is 0 Å². The maximum Gasteiger partial charge on any atom is 0.181 e. The number of halogens is 2. The van der Waals surface area contributed by atoms with Crippen LogP contribution < -0.4 is 5.73 Å². The lowest BCUT2D eigenvalue weighted by atomic mass is 10.2. The minimum atomic E-state index is 0.404. The zero-order valence-corrected chi connectivity index (χ0v) is 11.7. The van der Waals surface area contributed by atoms with E-state index in [1.807, 2.05) is 12.1 Å². The number of nitrogens with two attached hydrogens (primary N) is 1. The number of benzene rings is 1. The average Bonchev–Trinajstić information content (AvgIpc) is 2.88. The summed E-state index contributed by atoms with van der Waals surface area (Å²) in [5.41, 5.74) is 7.23. The average molecular weight is 306 g/mol. The predicted molar refractivity (Wildman–Crippen MR) is 79.0 cm³/mol. The highest BCUT2D eigenvalue weighted by atomic mass is 35.5. The molecule has 0 aliphatic heterocycles. The Balaban J connectivity index is 2.02. The Morgan fingerprint density at radius 1 is 1.10 bits per heavy atom. The molecule has 2 heterocycles. The van der Waals surface area contributed by atoms with Crippen LogP contribution in [-0.2, 0) is 0 Å². The highest BCUT2D eigenvalue weighted by Gasteiger charge is 2.10. The van der Waals surface area contributed by atoms with Crippen molar-refractivity contribution < 1.29 is 0 Å². The fraction of sp³-hybridized carbons (Fsp3) is 0. The molecule has 100 valence electrons. The summed E-state index contributed by atoms with van der Waals surface area (Å²) in [6.07, 6.45) is 3.05. The smallest absolute Gasteiger partial charge is 0.181 e. The van der Waals surface area contributed by atoms with Crippen molar-refractivity contribution in [2.75, 3.05) is 5.73 Å². The molecule has 0 saturated heterocycles. The summed E-state index contributed by atoms with van der Waals surface area (Å²) in [7, 11) is 0.